The maximum atomic E-state index is 12.6. The summed E-state index contributed by atoms with van der Waals surface area (Å²) in [5.74, 6) is -0.337. The molecule has 0 N–H and O–H groups in total. The highest BCUT2D eigenvalue weighted by molar-refractivity contribution is 5.92. The van der Waals surface area contributed by atoms with E-state index in [1.54, 1.807) is 4.68 Å². The standard InChI is InChI=1S/C15H23N3O3/c1-11-10-13(18(3)16-11)14(19)17(2)12-4-6-15(7-5-12)20-8-9-21-15/h10,12H,4-9H2,1-3H3. The van der Waals surface area contributed by atoms with Gasteiger partial charge >= 0.3 is 0 Å². The van der Waals surface area contributed by atoms with Gasteiger partial charge in [-0.05, 0) is 25.8 Å². The van der Waals surface area contributed by atoms with Gasteiger partial charge in [0, 0.05) is 33.0 Å². The predicted molar refractivity (Wildman–Crippen MR) is 76.9 cm³/mol. The number of hydrogen-bond donors (Lipinski definition) is 0. The van der Waals surface area contributed by atoms with Gasteiger partial charge in [0.05, 0.1) is 18.9 Å². The second kappa shape index (κ2) is 5.42. The van der Waals surface area contributed by atoms with Gasteiger partial charge in [-0.1, -0.05) is 0 Å². The van der Waals surface area contributed by atoms with E-state index in [1.807, 2.05) is 32.0 Å². The van der Waals surface area contributed by atoms with Crippen LogP contribution in [0.25, 0.3) is 0 Å². The molecule has 2 fully saturated rings. The predicted octanol–water partition coefficient (Wildman–Crippen LogP) is 1.49. The van der Waals surface area contributed by atoms with Crippen LogP contribution in [0.4, 0.5) is 0 Å². The van der Waals surface area contributed by atoms with Crippen molar-refractivity contribution in [2.75, 3.05) is 20.3 Å². The van der Waals surface area contributed by atoms with Gasteiger partial charge in [-0.25, -0.2) is 0 Å². The van der Waals surface area contributed by atoms with Gasteiger partial charge in [0.25, 0.3) is 5.91 Å². The molecular weight excluding hydrogens is 270 g/mol. The Kier molecular flexibility index (Phi) is 3.75. The Hall–Kier alpha value is -1.40. The minimum absolute atomic E-state index is 0.0345. The summed E-state index contributed by atoms with van der Waals surface area (Å²) >= 11 is 0. The number of carbonyl (C=O) groups is 1. The summed E-state index contributed by atoms with van der Waals surface area (Å²) < 4.78 is 13.1. The highest BCUT2D eigenvalue weighted by Gasteiger charge is 2.41. The summed E-state index contributed by atoms with van der Waals surface area (Å²) in [7, 11) is 3.69. The third-order valence-electron chi connectivity index (χ3n) is 4.62. The lowest BCUT2D eigenvalue weighted by Crippen LogP contribution is -2.45. The molecule has 0 unspecified atom stereocenters. The zero-order chi connectivity index (χ0) is 15.0. The highest BCUT2D eigenvalue weighted by Crippen LogP contribution is 2.37. The summed E-state index contributed by atoms with van der Waals surface area (Å²) in [6.07, 6.45) is 3.55. The molecule has 1 saturated carbocycles. The van der Waals surface area contributed by atoms with E-state index in [-0.39, 0.29) is 17.7 Å². The molecule has 1 spiro atoms. The fraction of sp³-hybridized carbons (Fsp3) is 0.733. The Morgan fingerprint density at radius 2 is 2.00 bits per heavy atom. The van der Waals surface area contributed by atoms with Gasteiger partial charge in [-0.15, -0.1) is 0 Å². The molecule has 2 heterocycles. The van der Waals surface area contributed by atoms with E-state index >= 15 is 0 Å². The Bertz CT molecular complexity index is 524. The van der Waals surface area contributed by atoms with Gasteiger partial charge < -0.3 is 14.4 Å². The number of ether oxygens (including phenoxy) is 2. The van der Waals surface area contributed by atoms with Crippen LogP contribution < -0.4 is 0 Å². The van der Waals surface area contributed by atoms with Crippen molar-refractivity contribution < 1.29 is 14.3 Å². The van der Waals surface area contributed by atoms with Crippen LogP contribution in [-0.4, -0.2) is 52.7 Å². The number of rotatable bonds is 2. The van der Waals surface area contributed by atoms with Gasteiger partial charge in [-0.2, -0.15) is 5.10 Å². The number of nitrogens with zero attached hydrogens (tertiary/aromatic N) is 3. The van der Waals surface area contributed by atoms with Crippen molar-refractivity contribution in [3.05, 3.63) is 17.5 Å². The van der Waals surface area contributed by atoms with Crippen LogP contribution in [0.1, 0.15) is 41.9 Å². The topological polar surface area (TPSA) is 56.6 Å². The summed E-state index contributed by atoms with van der Waals surface area (Å²) in [5.41, 5.74) is 1.51. The maximum absolute atomic E-state index is 12.6. The van der Waals surface area contributed by atoms with Crippen LogP contribution in [0, 0.1) is 6.92 Å². The zero-order valence-corrected chi connectivity index (χ0v) is 13.0. The molecule has 21 heavy (non-hydrogen) atoms. The van der Waals surface area contributed by atoms with E-state index < -0.39 is 0 Å². The van der Waals surface area contributed by atoms with Crippen molar-refractivity contribution in [2.24, 2.45) is 7.05 Å². The molecule has 6 nitrogen and oxygen atoms in total. The minimum Gasteiger partial charge on any atom is -0.348 e. The zero-order valence-electron chi connectivity index (χ0n) is 13.0. The van der Waals surface area contributed by atoms with E-state index in [9.17, 15) is 4.79 Å². The molecule has 116 valence electrons. The molecule has 1 aliphatic heterocycles. The number of aromatic nitrogens is 2. The Balaban J connectivity index is 1.65. The lowest BCUT2D eigenvalue weighted by molar-refractivity contribution is -0.182. The Labute approximate surface area is 125 Å². The van der Waals surface area contributed by atoms with Crippen molar-refractivity contribution in [3.8, 4) is 0 Å². The Morgan fingerprint density at radius 3 is 2.52 bits per heavy atom. The lowest BCUT2D eigenvalue weighted by Gasteiger charge is -2.39. The van der Waals surface area contributed by atoms with Gasteiger partial charge in [-0.3, -0.25) is 9.48 Å². The Morgan fingerprint density at radius 1 is 1.38 bits per heavy atom. The molecular formula is C15H23N3O3. The largest absolute Gasteiger partial charge is 0.348 e. The normalized spacial score (nSPS) is 21.9. The van der Waals surface area contributed by atoms with Crippen molar-refractivity contribution in [3.63, 3.8) is 0 Å². The first-order chi connectivity index (χ1) is 10.0. The molecule has 6 heteroatoms. The quantitative estimate of drug-likeness (QED) is 0.829. The van der Waals surface area contributed by atoms with E-state index in [0.29, 0.717) is 18.9 Å². The van der Waals surface area contributed by atoms with Gasteiger partial charge in [0.2, 0.25) is 0 Å². The number of carbonyl (C=O) groups excluding carboxylic acids is 1. The first-order valence-electron chi connectivity index (χ1n) is 7.56. The summed E-state index contributed by atoms with van der Waals surface area (Å²) in [6.45, 7) is 3.28. The summed E-state index contributed by atoms with van der Waals surface area (Å²) in [6, 6.07) is 2.08. The van der Waals surface area contributed by atoms with Crippen LogP contribution in [-0.2, 0) is 16.5 Å². The van der Waals surface area contributed by atoms with Crippen molar-refractivity contribution in [2.45, 2.75) is 44.4 Å². The van der Waals surface area contributed by atoms with E-state index in [1.165, 1.54) is 0 Å². The third-order valence-corrected chi connectivity index (χ3v) is 4.62. The molecule has 1 aliphatic carbocycles. The van der Waals surface area contributed by atoms with Gasteiger partial charge in [0.15, 0.2) is 5.79 Å². The minimum atomic E-state index is -0.372. The highest BCUT2D eigenvalue weighted by atomic mass is 16.7. The molecule has 1 aromatic heterocycles. The van der Waals surface area contributed by atoms with Gasteiger partial charge in [0.1, 0.15) is 5.69 Å². The molecule has 0 aromatic carbocycles. The average Bonchev–Trinajstić information content (AvgIpc) is 3.05. The van der Waals surface area contributed by atoms with Crippen molar-refractivity contribution >= 4 is 5.91 Å². The molecule has 0 bridgehead atoms. The number of hydrogen-bond acceptors (Lipinski definition) is 4. The third kappa shape index (κ3) is 2.70. The SMILES string of the molecule is Cc1cc(C(=O)N(C)C2CCC3(CC2)OCCO3)n(C)n1. The molecule has 2 aliphatic rings. The average molecular weight is 293 g/mol. The van der Waals surface area contributed by atoms with Crippen molar-refractivity contribution in [1.82, 2.24) is 14.7 Å². The van der Waals surface area contributed by atoms with Crippen molar-refractivity contribution in [1.29, 1.82) is 0 Å². The first kappa shape index (κ1) is 14.5. The molecule has 1 saturated heterocycles. The van der Waals surface area contributed by atoms with Crippen LogP contribution in [0.2, 0.25) is 0 Å². The van der Waals surface area contributed by atoms with Crippen LogP contribution in [0.5, 0.6) is 0 Å². The first-order valence-corrected chi connectivity index (χ1v) is 7.56. The molecule has 1 aromatic rings. The molecule has 0 radical (unpaired) electrons. The van der Waals surface area contributed by atoms with Crippen LogP contribution in [0.3, 0.4) is 0 Å². The summed E-state index contributed by atoms with van der Waals surface area (Å²) in [4.78, 5) is 14.4. The lowest BCUT2D eigenvalue weighted by atomic mass is 9.89. The molecule has 1 amide bonds. The fourth-order valence-corrected chi connectivity index (χ4v) is 3.37. The maximum Gasteiger partial charge on any atom is 0.272 e. The second-order valence-electron chi connectivity index (χ2n) is 6.05. The second-order valence-corrected chi connectivity index (χ2v) is 6.05. The molecule has 3 rings (SSSR count). The van der Waals surface area contributed by atoms with Crippen LogP contribution >= 0.6 is 0 Å². The van der Waals surface area contributed by atoms with E-state index in [4.69, 9.17) is 9.47 Å². The van der Waals surface area contributed by atoms with E-state index in [0.717, 1.165) is 31.4 Å². The van der Waals surface area contributed by atoms with E-state index in [2.05, 4.69) is 5.10 Å². The smallest absolute Gasteiger partial charge is 0.272 e. The fourth-order valence-electron chi connectivity index (χ4n) is 3.37. The van der Waals surface area contributed by atoms with Crippen LogP contribution in [0.15, 0.2) is 6.07 Å². The number of amides is 1. The monoisotopic (exact) mass is 293 g/mol. The number of aryl methyl sites for hydroxylation is 2. The molecule has 0 atom stereocenters. The summed E-state index contributed by atoms with van der Waals surface area (Å²) in [5, 5.41) is 4.25.